The Kier molecular flexibility index (Phi) is 1.90. The van der Waals surface area contributed by atoms with E-state index in [4.69, 9.17) is 5.73 Å². The van der Waals surface area contributed by atoms with Crippen LogP contribution in [0.25, 0.3) is 11.3 Å². The van der Waals surface area contributed by atoms with E-state index in [1.165, 1.54) is 11.3 Å². The number of benzene rings is 1. The molecule has 0 fully saturated rings. The van der Waals surface area contributed by atoms with E-state index in [0.717, 1.165) is 11.3 Å². The van der Waals surface area contributed by atoms with Crippen molar-refractivity contribution >= 4 is 16.5 Å². The van der Waals surface area contributed by atoms with Crippen LogP contribution in [0.3, 0.4) is 0 Å². The van der Waals surface area contributed by atoms with Crippen molar-refractivity contribution in [2.24, 2.45) is 0 Å². The van der Waals surface area contributed by atoms with Gasteiger partial charge < -0.3 is 10.8 Å². The number of anilines is 1. The number of phenols is 1. The van der Waals surface area contributed by atoms with E-state index >= 15 is 0 Å². The zero-order valence-electron chi connectivity index (χ0n) is 6.77. The summed E-state index contributed by atoms with van der Waals surface area (Å²) >= 11 is 1.39. The quantitative estimate of drug-likeness (QED) is 0.727. The molecule has 13 heavy (non-hydrogen) atoms. The summed E-state index contributed by atoms with van der Waals surface area (Å²) in [5.41, 5.74) is 7.19. The van der Waals surface area contributed by atoms with Crippen molar-refractivity contribution in [1.29, 1.82) is 0 Å². The Morgan fingerprint density at radius 2 is 2.23 bits per heavy atom. The lowest BCUT2D eigenvalue weighted by Crippen LogP contribution is -1.82. The van der Waals surface area contributed by atoms with Gasteiger partial charge in [0.1, 0.15) is 5.75 Å². The molecular weight excluding hydrogens is 184 g/mol. The molecule has 0 radical (unpaired) electrons. The Morgan fingerprint density at radius 1 is 1.38 bits per heavy atom. The van der Waals surface area contributed by atoms with Crippen molar-refractivity contribution < 1.29 is 5.11 Å². The molecule has 1 heterocycles. The summed E-state index contributed by atoms with van der Waals surface area (Å²) in [6.07, 6.45) is 0. The highest BCUT2D eigenvalue weighted by Gasteiger charge is 2.02. The molecule has 1 aromatic carbocycles. The molecule has 0 aliphatic carbocycles. The Bertz CT molecular complexity index is 425. The minimum Gasteiger partial charge on any atom is -0.508 e. The van der Waals surface area contributed by atoms with Gasteiger partial charge in [0.15, 0.2) is 5.13 Å². The smallest absolute Gasteiger partial charge is 0.180 e. The second-order valence-corrected chi connectivity index (χ2v) is 3.51. The van der Waals surface area contributed by atoms with Crippen LogP contribution in [0, 0.1) is 0 Å². The van der Waals surface area contributed by atoms with E-state index in [9.17, 15) is 5.11 Å². The summed E-state index contributed by atoms with van der Waals surface area (Å²) in [4.78, 5) is 4.11. The van der Waals surface area contributed by atoms with Crippen LogP contribution in [0.4, 0.5) is 5.13 Å². The fraction of sp³-hybridized carbons (Fsp3) is 0. The van der Waals surface area contributed by atoms with E-state index in [1.807, 2.05) is 11.4 Å². The van der Waals surface area contributed by atoms with Gasteiger partial charge in [0.25, 0.3) is 0 Å². The largest absolute Gasteiger partial charge is 0.508 e. The average molecular weight is 192 g/mol. The molecule has 2 aromatic rings. The minimum atomic E-state index is 0.240. The van der Waals surface area contributed by atoms with Gasteiger partial charge in [-0.25, -0.2) is 4.98 Å². The standard InChI is InChI=1S/C9H8N2OS/c10-9-11-8(5-13-9)6-2-1-3-7(12)4-6/h1-5,12H,(H2,10,11). The lowest BCUT2D eigenvalue weighted by Gasteiger charge is -1.96. The lowest BCUT2D eigenvalue weighted by atomic mass is 10.2. The monoisotopic (exact) mass is 192 g/mol. The predicted octanol–water partition coefficient (Wildman–Crippen LogP) is 2.10. The first kappa shape index (κ1) is 8.07. The Morgan fingerprint density at radius 3 is 2.85 bits per heavy atom. The first-order valence-electron chi connectivity index (χ1n) is 3.76. The van der Waals surface area contributed by atoms with Crippen LogP contribution in [0.5, 0.6) is 5.75 Å². The van der Waals surface area contributed by atoms with E-state index in [1.54, 1.807) is 18.2 Å². The second kappa shape index (κ2) is 3.06. The number of rotatable bonds is 1. The fourth-order valence-electron chi connectivity index (χ4n) is 1.09. The van der Waals surface area contributed by atoms with E-state index in [-0.39, 0.29) is 5.75 Å². The Balaban J connectivity index is 2.46. The maximum Gasteiger partial charge on any atom is 0.180 e. The molecule has 3 nitrogen and oxygen atoms in total. The summed E-state index contributed by atoms with van der Waals surface area (Å²) in [5.74, 6) is 0.240. The van der Waals surface area contributed by atoms with Crippen molar-refractivity contribution in [3.63, 3.8) is 0 Å². The van der Waals surface area contributed by atoms with Gasteiger partial charge in [-0.15, -0.1) is 11.3 Å². The highest BCUT2D eigenvalue weighted by molar-refractivity contribution is 7.13. The number of nitrogens with zero attached hydrogens (tertiary/aromatic N) is 1. The number of nitrogen functional groups attached to an aromatic ring is 1. The zero-order chi connectivity index (χ0) is 9.26. The molecule has 0 saturated carbocycles. The molecule has 0 spiro atoms. The van der Waals surface area contributed by atoms with Gasteiger partial charge >= 0.3 is 0 Å². The van der Waals surface area contributed by atoms with E-state index in [0.29, 0.717) is 5.13 Å². The maximum absolute atomic E-state index is 9.23. The van der Waals surface area contributed by atoms with E-state index in [2.05, 4.69) is 4.98 Å². The van der Waals surface area contributed by atoms with Crippen molar-refractivity contribution in [3.05, 3.63) is 29.6 Å². The maximum atomic E-state index is 9.23. The predicted molar refractivity (Wildman–Crippen MR) is 53.6 cm³/mol. The SMILES string of the molecule is Nc1nc(-c2cccc(O)c2)cs1. The summed E-state index contributed by atoms with van der Waals surface area (Å²) in [6.45, 7) is 0. The summed E-state index contributed by atoms with van der Waals surface area (Å²) in [6, 6.07) is 6.95. The first-order valence-corrected chi connectivity index (χ1v) is 4.64. The number of aromatic nitrogens is 1. The zero-order valence-corrected chi connectivity index (χ0v) is 7.58. The summed E-state index contributed by atoms with van der Waals surface area (Å²) < 4.78 is 0. The third-order valence-corrected chi connectivity index (χ3v) is 2.34. The van der Waals surface area contributed by atoms with Crippen LogP contribution >= 0.6 is 11.3 Å². The molecule has 0 aliphatic rings. The Hall–Kier alpha value is -1.55. The number of hydrogen-bond donors (Lipinski definition) is 2. The molecule has 0 bridgehead atoms. The van der Waals surface area contributed by atoms with Crippen molar-refractivity contribution in [2.75, 3.05) is 5.73 Å². The van der Waals surface area contributed by atoms with Crippen molar-refractivity contribution in [3.8, 4) is 17.0 Å². The highest BCUT2D eigenvalue weighted by atomic mass is 32.1. The average Bonchev–Trinajstić information content (AvgIpc) is 2.52. The number of hydrogen-bond acceptors (Lipinski definition) is 4. The molecule has 1 aromatic heterocycles. The second-order valence-electron chi connectivity index (χ2n) is 2.62. The van der Waals surface area contributed by atoms with Gasteiger partial charge in [0, 0.05) is 10.9 Å². The molecule has 2 rings (SSSR count). The third-order valence-electron chi connectivity index (χ3n) is 1.66. The first-order chi connectivity index (χ1) is 6.25. The van der Waals surface area contributed by atoms with Gasteiger partial charge in [-0.3, -0.25) is 0 Å². The van der Waals surface area contributed by atoms with Crippen LogP contribution in [-0.2, 0) is 0 Å². The fourth-order valence-corrected chi connectivity index (χ4v) is 1.66. The van der Waals surface area contributed by atoms with Crippen molar-refractivity contribution in [2.45, 2.75) is 0 Å². The van der Waals surface area contributed by atoms with Crippen molar-refractivity contribution in [1.82, 2.24) is 4.98 Å². The molecular formula is C9H8N2OS. The van der Waals surface area contributed by atoms with Gasteiger partial charge in [-0.1, -0.05) is 12.1 Å². The van der Waals surface area contributed by atoms with Crippen LogP contribution in [0.1, 0.15) is 0 Å². The van der Waals surface area contributed by atoms with Gasteiger partial charge in [0.05, 0.1) is 5.69 Å². The van der Waals surface area contributed by atoms with Crippen LogP contribution in [0.2, 0.25) is 0 Å². The molecule has 0 atom stereocenters. The van der Waals surface area contributed by atoms with Crippen LogP contribution < -0.4 is 5.73 Å². The molecule has 0 saturated heterocycles. The molecule has 0 unspecified atom stereocenters. The molecule has 0 aliphatic heterocycles. The number of aromatic hydroxyl groups is 1. The highest BCUT2D eigenvalue weighted by Crippen LogP contribution is 2.25. The number of nitrogens with two attached hydrogens (primary N) is 1. The molecule has 66 valence electrons. The van der Waals surface area contributed by atoms with E-state index < -0.39 is 0 Å². The Labute approximate surface area is 79.5 Å². The van der Waals surface area contributed by atoms with Gasteiger partial charge in [0.2, 0.25) is 0 Å². The normalized spacial score (nSPS) is 10.2. The lowest BCUT2D eigenvalue weighted by molar-refractivity contribution is 0.475. The minimum absolute atomic E-state index is 0.240. The topological polar surface area (TPSA) is 59.1 Å². The molecule has 0 amide bonds. The third kappa shape index (κ3) is 1.62. The molecule has 3 N–H and O–H groups in total. The molecule has 4 heteroatoms. The van der Waals surface area contributed by atoms with Crippen LogP contribution in [0.15, 0.2) is 29.6 Å². The number of thiazole rings is 1. The van der Waals surface area contributed by atoms with Crippen LogP contribution in [-0.4, -0.2) is 10.1 Å². The summed E-state index contributed by atoms with van der Waals surface area (Å²) in [7, 11) is 0. The van der Waals surface area contributed by atoms with Gasteiger partial charge in [-0.2, -0.15) is 0 Å². The summed E-state index contributed by atoms with van der Waals surface area (Å²) in [5, 5.41) is 11.6. The van der Waals surface area contributed by atoms with Gasteiger partial charge in [-0.05, 0) is 12.1 Å². The number of phenolic OH excluding ortho intramolecular Hbond substituents is 1.